The minimum absolute atomic E-state index is 0.0538. The largest absolute Gasteiger partial charge is 0.229 e. The smallest absolute Gasteiger partial charge is 0.181 e. The summed E-state index contributed by atoms with van der Waals surface area (Å²) in [7, 11) is -6.84. The number of rotatable bonds is 3. The molecule has 1 fully saturated rings. The monoisotopic (exact) mass is 320 g/mol. The molecule has 1 aromatic carbocycles. The van der Waals surface area contributed by atoms with Crippen molar-refractivity contribution >= 4 is 19.7 Å². The van der Waals surface area contributed by atoms with Crippen LogP contribution in [0.5, 0.6) is 0 Å². The van der Waals surface area contributed by atoms with Crippen molar-refractivity contribution in [1.29, 1.82) is 0 Å². The number of hydrogen-bond acceptors (Lipinski definition) is 4. The van der Waals surface area contributed by atoms with Crippen LogP contribution < -0.4 is 0 Å². The van der Waals surface area contributed by atoms with Gasteiger partial charge in [0.1, 0.15) is 15.7 Å². The molecule has 4 nitrogen and oxygen atoms in total. The van der Waals surface area contributed by atoms with E-state index in [1.165, 1.54) is 12.1 Å². The lowest BCUT2D eigenvalue weighted by molar-refractivity contribution is 0.473. The summed E-state index contributed by atoms with van der Waals surface area (Å²) in [5.74, 6) is -0.499. The van der Waals surface area contributed by atoms with Crippen molar-refractivity contribution < 1.29 is 21.2 Å². The second-order valence-corrected chi connectivity index (χ2v) is 9.79. The lowest BCUT2D eigenvalue weighted by atomic mass is 10.00. The third-order valence-electron chi connectivity index (χ3n) is 3.76. The molecule has 0 aromatic heterocycles. The summed E-state index contributed by atoms with van der Waals surface area (Å²) in [4.78, 5) is 0.0538. The molecule has 2 rings (SSSR count). The molecule has 1 aliphatic rings. The van der Waals surface area contributed by atoms with Crippen LogP contribution in [0.4, 0.5) is 4.39 Å². The van der Waals surface area contributed by atoms with E-state index in [4.69, 9.17) is 0 Å². The highest BCUT2D eigenvalue weighted by Crippen LogP contribution is 2.31. The zero-order chi connectivity index (χ0) is 15.0. The lowest BCUT2D eigenvalue weighted by Gasteiger charge is -2.27. The van der Waals surface area contributed by atoms with E-state index < -0.39 is 36.0 Å². The summed E-state index contributed by atoms with van der Waals surface area (Å²) < 4.78 is 61.0. The van der Waals surface area contributed by atoms with Crippen LogP contribution in [0.1, 0.15) is 25.7 Å². The van der Waals surface area contributed by atoms with Crippen LogP contribution in [0.15, 0.2) is 29.2 Å². The Morgan fingerprint density at radius 2 is 1.55 bits per heavy atom. The van der Waals surface area contributed by atoms with Gasteiger partial charge in [-0.05, 0) is 43.5 Å². The highest BCUT2D eigenvalue weighted by atomic mass is 32.2. The Bertz CT molecular complexity index is 678. The van der Waals surface area contributed by atoms with Gasteiger partial charge in [-0.25, -0.2) is 21.2 Å². The van der Waals surface area contributed by atoms with Gasteiger partial charge in [-0.15, -0.1) is 0 Å². The van der Waals surface area contributed by atoms with Gasteiger partial charge in [0.25, 0.3) is 0 Å². The van der Waals surface area contributed by atoms with Gasteiger partial charge in [-0.1, -0.05) is 6.42 Å². The van der Waals surface area contributed by atoms with E-state index in [9.17, 15) is 21.2 Å². The first-order valence-corrected chi connectivity index (χ1v) is 9.89. The molecule has 0 saturated heterocycles. The van der Waals surface area contributed by atoms with E-state index in [2.05, 4.69) is 0 Å². The van der Waals surface area contributed by atoms with E-state index in [1.54, 1.807) is 0 Å². The Morgan fingerprint density at radius 1 is 1.00 bits per heavy atom. The number of hydrogen-bond donors (Lipinski definition) is 0. The third kappa shape index (κ3) is 3.20. The molecule has 2 atom stereocenters. The van der Waals surface area contributed by atoms with Gasteiger partial charge in [0.15, 0.2) is 9.84 Å². The second kappa shape index (κ2) is 5.44. The van der Waals surface area contributed by atoms with Crippen LogP contribution in [0.25, 0.3) is 0 Å². The van der Waals surface area contributed by atoms with Crippen LogP contribution in [0, 0.1) is 5.82 Å². The average molecular weight is 320 g/mol. The normalized spacial score (nSPS) is 24.5. The van der Waals surface area contributed by atoms with Crippen LogP contribution >= 0.6 is 0 Å². The summed E-state index contributed by atoms with van der Waals surface area (Å²) in [6.45, 7) is 0. The molecule has 0 bridgehead atoms. The highest BCUT2D eigenvalue weighted by molar-refractivity contribution is 7.92. The molecule has 20 heavy (non-hydrogen) atoms. The van der Waals surface area contributed by atoms with Crippen molar-refractivity contribution in [2.75, 3.05) is 6.26 Å². The molecular formula is C13H17FO4S2. The van der Waals surface area contributed by atoms with E-state index in [0.717, 1.165) is 18.4 Å². The maximum Gasteiger partial charge on any atom is 0.181 e. The minimum atomic E-state index is -3.60. The van der Waals surface area contributed by atoms with E-state index in [-0.39, 0.29) is 11.3 Å². The maximum absolute atomic E-state index is 12.9. The van der Waals surface area contributed by atoms with Crippen molar-refractivity contribution in [3.8, 4) is 0 Å². The molecule has 0 heterocycles. The van der Waals surface area contributed by atoms with Crippen LogP contribution in [-0.2, 0) is 19.7 Å². The molecule has 1 aromatic rings. The van der Waals surface area contributed by atoms with E-state index in [0.29, 0.717) is 19.3 Å². The maximum atomic E-state index is 12.9. The fourth-order valence-electron chi connectivity index (χ4n) is 2.59. The number of benzene rings is 1. The Balaban J connectivity index is 2.28. The van der Waals surface area contributed by atoms with E-state index >= 15 is 0 Å². The second-order valence-electron chi connectivity index (χ2n) is 5.24. The number of halogens is 1. The molecule has 1 saturated carbocycles. The molecule has 1 aliphatic carbocycles. The van der Waals surface area contributed by atoms with Crippen LogP contribution in [0.3, 0.4) is 0 Å². The fourth-order valence-corrected chi connectivity index (χ4v) is 5.75. The molecule has 0 N–H and O–H groups in total. The Labute approximate surface area is 118 Å². The van der Waals surface area contributed by atoms with Gasteiger partial charge < -0.3 is 0 Å². The zero-order valence-electron chi connectivity index (χ0n) is 11.1. The lowest BCUT2D eigenvalue weighted by Crippen LogP contribution is -2.34. The average Bonchev–Trinajstić information content (AvgIpc) is 2.38. The van der Waals surface area contributed by atoms with Crippen molar-refractivity contribution in [3.63, 3.8) is 0 Å². The van der Waals surface area contributed by atoms with Crippen molar-refractivity contribution in [3.05, 3.63) is 30.1 Å². The predicted molar refractivity (Wildman–Crippen MR) is 74.5 cm³/mol. The molecule has 0 aliphatic heterocycles. The minimum Gasteiger partial charge on any atom is -0.229 e. The Morgan fingerprint density at radius 3 is 2.10 bits per heavy atom. The molecule has 2 unspecified atom stereocenters. The summed E-state index contributed by atoms with van der Waals surface area (Å²) >= 11 is 0. The standard InChI is InChI=1S/C13H17FO4S2/c1-19(15,16)12-3-2-4-13(9-12)20(17,18)11-7-5-10(14)6-8-11/h5-8,12-13H,2-4,9H2,1H3. The quantitative estimate of drug-likeness (QED) is 0.798. The summed E-state index contributed by atoms with van der Waals surface area (Å²) in [5, 5.41) is -1.31. The Hall–Kier alpha value is -0.950. The molecular weight excluding hydrogens is 303 g/mol. The van der Waals surface area contributed by atoms with Crippen molar-refractivity contribution in [1.82, 2.24) is 0 Å². The van der Waals surface area contributed by atoms with Gasteiger partial charge in [0.2, 0.25) is 0 Å². The molecule has 0 radical (unpaired) electrons. The first-order valence-electron chi connectivity index (χ1n) is 6.39. The first-order chi connectivity index (χ1) is 9.21. The topological polar surface area (TPSA) is 68.3 Å². The first kappa shape index (κ1) is 15.4. The highest BCUT2D eigenvalue weighted by Gasteiger charge is 2.36. The number of sulfone groups is 2. The predicted octanol–water partition coefficient (Wildman–Crippen LogP) is 1.96. The van der Waals surface area contributed by atoms with Crippen LogP contribution in [0.2, 0.25) is 0 Å². The molecule has 0 amide bonds. The third-order valence-corrected chi connectivity index (χ3v) is 7.64. The van der Waals surface area contributed by atoms with E-state index in [1.807, 2.05) is 0 Å². The zero-order valence-corrected chi connectivity index (χ0v) is 12.8. The van der Waals surface area contributed by atoms with Crippen LogP contribution in [-0.4, -0.2) is 33.6 Å². The summed E-state index contributed by atoms with van der Waals surface area (Å²) in [6, 6.07) is 4.66. The Kier molecular flexibility index (Phi) is 4.20. The summed E-state index contributed by atoms with van der Waals surface area (Å²) in [5.41, 5.74) is 0. The van der Waals surface area contributed by atoms with Gasteiger partial charge in [0, 0.05) is 6.26 Å². The van der Waals surface area contributed by atoms with Gasteiger partial charge >= 0.3 is 0 Å². The van der Waals surface area contributed by atoms with Gasteiger partial charge in [0.05, 0.1) is 15.4 Å². The van der Waals surface area contributed by atoms with Gasteiger partial charge in [-0.3, -0.25) is 0 Å². The van der Waals surface area contributed by atoms with Gasteiger partial charge in [-0.2, -0.15) is 0 Å². The molecule has 7 heteroatoms. The molecule has 112 valence electrons. The van der Waals surface area contributed by atoms with Crippen molar-refractivity contribution in [2.24, 2.45) is 0 Å². The molecule has 0 spiro atoms. The summed E-state index contributed by atoms with van der Waals surface area (Å²) in [6.07, 6.45) is 2.80. The van der Waals surface area contributed by atoms with Crippen molar-refractivity contribution in [2.45, 2.75) is 41.1 Å². The SMILES string of the molecule is CS(=O)(=O)C1CCCC(S(=O)(=O)c2ccc(F)cc2)C1. The fraction of sp³-hybridized carbons (Fsp3) is 0.538.